The summed E-state index contributed by atoms with van der Waals surface area (Å²) in [6.45, 7) is -0.183. The number of furan rings is 1. The lowest BCUT2D eigenvalue weighted by atomic mass is 10.2. The van der Waals surface area contributed by atoms with Gasteiger partial charge >= 0.3 is 5.97 Å². The van der Waals surface area contributed by atoms with Crippen molar-refractivity contribution in [2.45, 2.75) is 6.54 Å². The number of pyridine rings is 1. The monoisotopic (exact) mass is 400 g/mol. The average Bonchev–Trinajstić information content (AvgIpc) is 3.15. The van der Waals surface area contributed by atoms with Crippen LogP contribution in [0.25, 0.3) is 11.3 Å². The van der Waals surface area contributed by atoms with E-state index in [9.17, 15) is 14.8 Å². The van der Waals surface area contributed by atoms with Gasteiger partial charge in [-0.1, -0.05) is 11.6 Å². The average molecular weight is 401 g/mol. The van der Waals surface area contributed by atoms with Gasteiger partial charge < -0.3 is 19.3 Å². The molecule has 8 heteroatoms. The molecule has 3 rings (SSSR count). The topological polar surface area (TPSA) is 86.7 Å². The first-order chi connectivity index (χ1) is 13.4. The molecule has 3 aromatic rings. The second-order valence-electron chi connectivity index (χ2n) is 6.05. The maximum absolute atomic E-state index is 12.2. The molecular formula is C20H17ClN2O5. The predicted molar refractivity (Wildman–Crippen MR) is 101 cm³/mol. The van der Waals surface area contributed by atoms with Crippen LogP contribution in [-0.2, 0) is 16.1 Å². The molecule has 0 aliphatic heterocycles. The van der Waals surface area contributed by atoms with Crippen molar-refractivity contribution in [3.63, 3.8) is 0 Å². The molecule has 28 heavy (non-hydrogen) atoms. The highest BCUT2D eigenvalue weighted by Gasteiger charge is 2.16. The Morgan fingerprint density at radius 3 is 2.46 bits per heavy atom. The molecule has 144 valence electrons. The lowest BCUT2D eigenvalue weighted by molar-refractivity contribution is -0.605. The molecule has 0 fully saturated rings. The Bertz CT molecular complexity index is 967. The fourth-order valence-corrected chi connectivity index (χ4v) is 2.55. The SMILES string of the molecule is CN(Cc1ccc(-c2ccc(Cl)cc2)o1)C(=O)COC(=O)c1cc[n+]([O-])cc1. The van der Waals surface area contributed by atoms with Crippen molar-refractivity contribution < 1.29 is 23.5 Å². The van der Waals surface area contributed by atoms with Crippen molar-refractivity contribution in [3.05, 3.63) is 82.5 Å². The maximum Gasteiger partial charge on any atom is 0.339 e. The van der Waals surface area contributed by atoms with Crippen LogP contribution in [0.15, 0.2) is 65.3 Å². The lowest BCUT2D eigenvalue weighted by Crippen LogP contribution is -2.31. The van der Waals surface area contributed by atoms with Crippen LogP contribution < -0.4 is 4.73 Å². The molecule has 0 N–H and O–H groups in total. The van der Waals surface area contributed by atoms with E-state index in [1.54, 1.807) is 25.2 Å². The van der Waals surface area contributed by atoms with Crippen molar-refractivity contribution in [1.82, 2.24) is 4.90 Å². The summed E-state index contributed by atoms with van der Waals surface area (Å²) in [6.07, 6.45) is 2.36. The van der Waals surface area contributed by atoms with E-state index in [0.717, 1.165) is 5.56 Å². The van der Waals surface area contributed by atoms with Crippen LogP contribution in [-0.4, -0.2) is 30.4 Å². The predicted octanol–water partition coefficient (Wildman–Crippen LogP) is 3.05. The molecule has 2 aromatic heterocycles. The molecule has 1 aromatic carbocycles. The van der Waals surface area contributed by atoms with Crippen LogP contribution in [0.5, 0.6) is 0 Å². The van der Waals surface area contributed by atoms with Crippen LogP contribution in [0.4, 0.5) is 0 Å². The molecule has 0 aliphatic rings. The summed E-state index contributed by atoms with van der Waals surface area (Å²) in [7, 11) is 1.59. The summed E-state index contributed by atoms with van der Waals surface area (Å²) in [6, 6.07) is 13.5. The standard InChI is InChI=1S/C20H17ClN2O5/c1-22(19(24)13-27-20(25)15-8-10-23(26)11-9-15)12-17-6-7-18(28-17)14-2-4-16(21)5-3-14/h2-11H,12-13H2,1H3. The van der Waals surface area contributed by atoms with Gasteiger partial charge in [-0.05, 0) is 36.4 Å². The summed E-state index contributed by atoms with van der Waals surface area (Å²) >= 11 is 5.88. The Morgan fingerprint density at radius 1 is 1.11 bits per heavy atom. The number of hydrogen-bond donors (Lipinski definition) is 0. The number of likely N-dealkylation sites (N-methyl/N-ethyl adjacent to an activating group) is 1. The van der Waals surface area contributed by atoms with Gasteiger partial charge in [0.05, 0.1) is 12.1 Å². The third-order valence-corrected chi connectivity index (χ3v) is 4.23. The number of ether oxygens (including phenoxy) is 1. The van der Waals surface area contributed by atoms with Crippen molar-refractivity contribution in [2.24, 2.45) is 0 Å². The third kappa shape index (κ3) is 4.89. The number of esters is 1. The second kappa shape index (κ2) is 8.58. The van der Waals surface area contributed by atoms with E-state index in [1.807, 2.05) is 18.2 Å². The Hall–Kier alpha value is -3.32. The number of amides is 1. The minimum atomic E-state index is -0.676. The van der Waals surface area contributed by atoms with Gasteiger partial charge in [0.25, 0.3) is 5.91 Å². The molecule has 0 saturated carbocycles. The molecule has 0 unspecified atom stereocenters. The highest BCUT2D eigenvalue weighted by atomic mass is 35.5. The molecule has 0 atom stereocenters. The molecule has 7 nitrogen and oxygen atoms in total. The first-order valence-electron chi connectivity index (χ1n) is 8.37. The number of aromatic nitrogens is 1. The van der Waals surface area contributed by atoms with Crippen LogP contribution in [0.2, 0.25) is 5.02 Å². The van der Waals surface area contributed by atoms with Gasteiger partial charge in [0.15, 0.2) is 19.0 Å². The maximum atomic E-state index is 12.2. The number of carbonyl (C=O) groups excluding carboxylic acids is 2. The summed E-state index contributed by atoms with van der Waals surface area (Å²) in [5.41, 5.74) is 1.07. The number of rotatable bonds is 6. The van der Waals surface area contributed by atoms with E-state index in [1.165, 1.54) is 29.4 Å². The van der Waals surface area contributed by atoms with Gasteiger partial charge in [-0.15, -0.1) is 0 Å². The molecule has 0 spiro atoms. The second-order valence-corrected chi connectivity index (χ2v) is 6.48. The van der Waals surface area contributed by atoms with E-state index in [-0.39, 0.29) is 18.0 Å². The summed E-state index contributed by atoms with van der Waals surface area (Å²) < 4.78 is 11.3. The molecule has 0 radical (unpaired) electrons. The van der Waals surface area contributed by atoms with E-state index >= 15 is 0 Å². The lowest BCUT2D eigenvalue weighted by Gasteiger charge is -2.15. The Kier molecular flexibility index (Phi) is 5.96. The first-order valence-corrected chi connectivity index (χ1v) is 8.75. The van der Waals surface area contributed by atoms with Crippen molar-refractivity contribution in [1.29, 1.82) is 0 Å². The normalized spacial score (nSPS) is 10.5. The van der Waals surface area contributed by atoms with Crippen molar-refractivity contribution in [3.8, 4) is 11.3 Å². The highest BCUT2D eigenvalue weighted by molar-refractivity contribution is 6.30. The highest BCUT2D eigenvalue weighted by Crippen LogP contribution is 2.24. The molecule has 0 saturated heterocycles. The Morgan fingerprint density at radius 2 is 1.79 bits per heavy atom. The minimum absolute atomic E-state index is 0.196. The number of hydrogen-bond acceptors (Lipinski definition) is 5. The summed E-state index contributed by atoms with van der Waals surface area (Å²) in [5, 5.41) is 11.6. The largest absolute Gasteiger partial charge is 0.619 e. The third-order valence-electron chi connectivity index (χ3n) is 3.97. The van der Waals surface area contributed by atoms with Crippen LogP contribution in [0.3, 0.4) is 0 Å². The summed E-state index contributed by atoms with van der Waals surface area (Å²) in [4.78, 5) is 25.5. The van der Waals surface area contributed by atoms with Gasteiger partial charge in [-0.3, -0.25) is 4.79 Å². The van der Waals surface area contributed by atoms with Crippen molar-refractivity contribution >= 4 is 23.5 Å². The van der Waals surface area contributed by atoms with Gasteiger partial charge in [-0.25, -0.2) is 4.79 Å². The van der Waals surface area contributed by atoms with Gasteiger partial charge in [-0.2, -0.15) is 4.73 Å². The molecule has 0 aliphatic carbocycles. The number of carbonyl (C=O) groups is 2. The number of nitrogens with zero attached hydrogens (tertiary/aromatic N) is 2. The number of halogens is 1. The molecule has 0 bridgehead atoms. The van der Waals surface area contributed by atoms with E-state index < -0.39 is 12.6 Å². The summed E-state index contributed by atoms with van der Waals surface area (Å²) in [5.74, 6) is 0.201. The smallest absolute Gasteiger partial charge is 0.339 e. The fourth-order valence-electron chi connectivity index (χ4n) is 2.42. The van der Waals surface area contributed by atoms with Crippen molar-refractivity contribution in [2.75, 3.05) is 13.7 Å². The fraction of sp³-hybridized carbons (Fsp3) is 0.150. The van der Waals surface area contributed by atoms with E-state index in [0.29, 0.717) is 21.3 Å². The van der Waals surface area contributed by atoms with Crippen LogP contribution in [0.1, 0.15) is 16.1 Å². The molecular weight excluding hydrogens is 384 g/mol. The van der Waals surface area contributed by atoms with Crippen LogP contribution >= 0.6 is 11.6 Å². The Balaban J connectivity index is 1.53. The van der Waals surface area contributed by atoms with Gasteiger partial charge in [0.1, 0.15) is 11.5 Å². The quantitative estimate of drug-likeness (QED) is 0.360. The zero-order chi connectivity index (χ0) is 20.1. The molecule has 2 heterocycles. The Labute approximate surface area is 166 Å². The van der Waals surface area contributed by atoms with Gasteiger partial charge in [0, 0.05) is 29.8 Å². The minimum Gasteiger partial charge on any atom is -0.619 e. The zero-order valence-electron chi connectivity index (χ0n) is 15.0. The van der Waals surface area contributed by atoms with Gasteiger partial charge in [0.2, 0.25) is 0 Å². The first kappa shape index (κ1) is 19.4. The van der Waals surface area contributed by atoms with E-state index in [2.05, 4.69) is 0 Å². The van der Waals surface area contributed by atoms with Crippen LogP contribution in [0, 0.1) is 5.21 Å². The van der Waals surface area contributed by atoms with E-state index in [4.69, 9.17) is 20.8 Å². The zero-order valence-corrected chi connectivity index (χ0v) is 15.8. The number of benzene rings is 1. The molecule has 1 amide bonds.